The molecule has 4 nitrogen and oxygen atoms in total. The molecule has 106 valence electrons. The van der Waals surface area contributed by atoms with Crippen molar-refractivity contribution < 1.29 is 4.52 Å². The lowest BCUT2D eigenvalue weighted by Gasteiger charge is -2.24. The first-order chi connectivity index (χ1) is 9.66. The summed E-state index contributed by atoms with van der Waals surface area (Å²) in [5.41, 5.74) is 7.11. The molecule has 1 fully saturated rings. The second-order valence-electron chi connectivity index (χ2n) is 4.53. The maximum absolute atomic E-state index is 6.17. The molecule has 2 aromatic rings. The summed E-state index contributed by atoms with van der Waals surface area (Å²) in [7, 11) is 0. The van der Waals surface area contributed by atoms with Crippen molar-refractivity contribution in [3.05, 3.63) is 29.0 Å². The Labute approximate surface area is 130 Å². The molecule has 1 aromatic heterocycles. The van der Waals surface area contributed by atoms with Crippen LogP contribution in [0.25, 0.3) is 11.5 Å². The molecule has 20 heavy (non-hydrogen) atoms. The Morgan fingerprint density at radius 3 is 2.90 bits per heavy atom. The van der Waals surface area contributed by atoms with Crippen LogP contribution in [0.15, 0.2) is 22.7 Å². The molecule has 2 N–H and O–H groups in total. The van der Waals surface area contributed by atoms with Gasteiger partial charge in [0.2, 0.25) is 0 Å². The Bertz CT molecular complexity index is 599. The van der Waals surface area contributed by atoms with E-state index in [0.29, 0.717) is 27.4 Å². The van der Waals surface area contributed by atoms with E-state index < -0.39 is 0 Å². The van der Waals surface area contributed by atoms with Gasteiger partial charge in [-0.15, -0.1) is 11.8 Å². The molecule has 2 unspecified atom stereocenters. The minimum absolute atomic E-state index is 0.259. The van der Waals surface area contributed by atoms with Gasteiger partial charge in [-0.05, 0) is 12.1 Å². The van der Waals surface area contributed by atoms with Gasteiger partial charge >= 0.3 is 0 Å². The Morgan fingerprint density at radius 2 is 2.15 bits per heavy atom. The highest BCUT2D eigenvalue weighted by Crippen LogP contribution is 2.42. The van der Waals surface area contributed by atoms with Crippen LogP contribution in [-0.2, 0) is 0 Å². The summed E-state index contributed by atoms with van der Waals surface area (Å²) in [5, 5.41) is 5.38. The van der Waals surface area contributed by atoms with Gasteiger partial charge in [0.1, 0.15) is 0 Å². The smallest absolute Gasteiger partial charge is 0.261 e. The van der Waals surface area contributed by atoms with E-state index in [4.69, 9.17) is 21.9 Å². The summed E-state index contributed by atoms with van der Waals surface area (Å²) >= 11 is 9.98. The minimum atomic E-state index is 0.259. The molecule has 0 bridgehead atoms. The number of halogens is 1. The molecule has 7 heteroatoms. The quantitative estimate of drug-likeness (QED) is 0.844. The van der Waals surface area contributed by atoms with Gasteiger partial charge in [0.05, 0.1) is 15.8 Å². The molecule has 2 atom stereocenters. The van der Waals surface area contributed by atoms with Crippen molar-refractivity contribution in [1.82, 2.24) is 10.1 Å². The fourth-order valence-electron chi connectivity index (χ4n) is 2.13. The summed E-state index contributed by atoms with van der Waals surface area (Å²) in [6.45, 7) is 2.20. The number of benzene rings is 1. The average molecular weight is 328 g/mol. The molecule has 3 rings (SSSR count). The maximum Gasteiger partial charge on any atom is 0.261 e. The van der Waals surface area contributed by atoms with Crippen LogP contribution in [0.5, 0.6) is 0 Å². The lowest BCUT2D eigenvalue weighted by atomic mass is 10.2. The first-order valence-electron chi connectivity index (χ1n) is 6.28. The molecular formula is C13H14ClN3OS2. The second-order valence-corrected chi connectivity index (χ2v) is 7.67. The van der Waals surface area contributed by atoms with Crippen LogP contribution < -0.4 is 5.73 Å². The van der Waals surface area contributed by atoms with E-state index >= 15 is 0 Å². The molecule has 0 radical (unpaired) electrons. The first kappa shape index (κ1) is 14.1. The maximum atomic E-state index is 6.17. The third-order valence-corrected chi connectivity index (χ3v) is 6.55. The Kier molecular flexibility index (Phi) is 4.14. The molecule has 1 saturated heterocycles. The van der Waals surface area contributed by atoms with Crippen molar-refractivity contribution in [2.75, 3.05) is 17.2 Å². The van der Waals surface area contributed by atoms with Crippen LogP contribution in [-0.4, -0.2) is 26.9 Å². The van der Waals surface area contributed by atoms with Crippen molar-refractivity contribution in [3.8, 4) is 11.5 Å². The zero-order chi connectivity index (χ0) is 14.1. The van der Waals surface area contributed by atoms with Gasteiger partial charge in [-0.2, -0.15) is 16.7 Å². The number of hydrogen-bond donors (Lipinski definition) is 1. The Hall–Kier alpha value is -0.850. The predicted molar refractivity (Wildman–Crippen MR) is 86.3 cm³/mol. The van der Waals surface area contributed by atoms with Crippen molar-refractivity contribution in [1.29, 1.82) is 0 Å². The number of anilines is 1. The van der Waals surface area contributed by atoms with E-state index in [0.717, 1.165) is 11.6 Å². The van der Waals surface area contributed by atoms with Crippen LogP contribution in [0.4, 0.5) is 5.69 Å². The molecule has 1 aromatic carbocycles. The molecule has 1 aliphatic rings. The van der Waals surface area contributed by atoms with Gasteiger partial charge in [-0.25, -0.2) is 0 Å². The Balaban J connectivity index is 1.94. The largest absolute Gasteiger partial charge is 0.398 e. The number of thioether (sulfide) groups is 2. The van der Waals surface area contributed by atoms with E-state index in [1.54, 1.807) is 18.2 Å². The molecule has 0 spiro atoms. The van der Waals surface area contributed by atoms with E-state index in [1.807, 2.05) is 23.5 Å². The van der Waals surface area contributed by atoms with Crippen LogP contribution >= 0.6 is 35.1 Å². The monoisotopic (exact) mass is 327 g/mol. The lowest BCUT2D eigenvalue weighted by molar-refractivity contribution is 0.422. The Morgan fingerprint density at radius 1 is 1.35 bits per heavy atom. The van der Waals surface area contributed by atoms with Gasteiger partial charge in [0.25, 0.3) is 5.89 Å². The van der Waals surface area contributed by atoms with Crippen LogP contribution in [0.1, 0.15) is 18.0 Å². The van der Waals surface area contributed by atoms with E-state index in [1.165, 1.54) is 5.75 Å². The van der Waals surface area contributed by atoms with Crippen LogP contribution in [0.2, 0.25) is 5.02 Å². The van der Waals surface area contributed by atoms with E-state index in [-0.39, 0.29) is 5.25 Å². The predicted octanol–water partition coefficient (Wildman–Crippen LogP) is 3.88. The highest BCUT2D eigenvalue weighted by atomic mass is 35.5. The molecule has 0 aliphatic carbocycles. The first-order valence-corrected chi connectivity index (χ1v) is 8.75. The number of nitrogens with zero attached hydrogens (tertiary/aromatic N) is 2. The second kappa shape index (κ2) is 5.87. The van der Waals surface area contributed by atoms with E-state index in [2.05, 4.69) is 17.1 Å². The minimum Gasteiger partial charge on any atom is -0.398 e. The number of nitrogens with two attached hydrogens (primary N) is 1. The van der Waals surface area contributed by atoms with Gasteiger partial charge in [-0.3, -0.25) is 0 Å². The standard InChI is InChI=1S/C13H14ClN3OS2/c1-7-11(20-6-5-19-7)12-16-13(18-17-12)10-8(14)3-2-4-9(10)15/h2-4,7,11H,5-6,15H2,1H3. The third kappa shape index (κ3) is 2.64. The van der Waals surface area contributed by atoms with Crippen molar-refractivity contribution in [2.24, 2.45) is 0 Å². The third-order valence-electron chi connectivity index (χ3n) is 3.14. The van der Waals surface area contributed by atoms with Gasteiger partial charge in [-0.1, -0.05) is 29.7 Å². The summed E-state index contributed by atoms with van der Waals surface area (Å²) in [6.07, 6.45) is 0. The number of hydrogen-bond acceptors (Lipinski definition) is 6. The highest BCUT2D eigenvalue weighted by Gasteiger charge is 2.29. The van der Waals surface area contributed by atoms with Gasteiger partial charge in [0.15, 0.2) is 5.82 Å². The van der Waals surface area contributed by atoms with Gasteiger partial charge < -0.3 is 10.3 Å². The van der Waals surface area contributed by atoms with Crippen LogP contribution in [0, 0.1) is 0 Å². The summed E-state index contributed by atoms with van der Waals surface area (Å²) in [5.74, 6) is 3.40. The number of nitrogen functional groups attached to an aromatic ring is 1. The van der Waals surface area contributed by atoms with Crippen molar-refractivity contribution in [2.45, 2.75) is 17.4 Å². The van der Waals surface area contributed by atoms with Crippen LogP contribution in [0.3, 0.4) is 0 Å². The summed E-state index contributed by atoms with van der Waals surface area (Å²) in [6, 6.07) is 5.35. The molecule has 0 saturated carbocycles. The zero-order valence-electron chi connectivity index (χ0n) is 10.9. The van der Waals surface area contributed by atoms with Gasteiger partial charge in [0, 0.05) is 22.4 Å². The fourth-order valence-corrected chi connectivity index (χ4v) is 5.08. The normalized spacial score (nSPS) is 22.9. The average Bonchev–Trinajstić information content (AvgIpc) is 2.88. The SMILES string of the molecule is CC1SCCSC1c1noc(-c2c(N)cccc2Cl)n1. The molecule has 1 aliphatic heterocycles. The van der Waals surface area contributed by atoms with E-state index in [9.17, 15) is 0 Å². The highest BCUT2D eigenvalue weighted by molar-refractivity contribution is 8.06. The number of rotatable bonds is 2. The van der Waals surface area contributed by atoms with Crippen molar-refractivity contribution in [3.63, 3.8) is 0 Å². The fraction of sp³-hybridized carbons (Fsp3) is 0.385. The molecular weight excluding hydrogens is 314 g/mol. The number of aromatic nitrogens is 2. The summed E-state index contributed by atoms with van der Waals surface area (Å²) in [4.78, 5) is 4.50. The topological polar surface area (TPSA) is 64.9 Å². The lowest BCUT2D eigenvalue weighted by Crippen LogP contribution is -2.16. The molecule has 2 heterocycles. The van der Waals surface area contributed by atoms with Crippen molar-refractivity contribution >= 4 is 40.8 Å². The molecule has 0 amide bonds. The zero-order valence-corrected chi connectivity index (χ0v) is 13.3. The summed E-state index contributed by atoms with van der Waals surface area (Å²) < 4.78 is 5.37.